The maximum absolute atomic E-state index is 13.0. The molecule has 0 aliphatic carbocycles. The molecule has 0 bridgehead atoms. The standard InChI is InChI=1S/C19H23NO2/c1-15(13-14-21)20-18(22)19(2,16-9-5-3-6-10-16)17-11-7-4-8-12-17/h3-12,15,21H,13-14H2,1-2H3,(H,20,22). The number of nitrogens with one attached hydrogen (secondary N) is 1. The van der Waals surface area contributed by atoms with E-state index in [1.54, 1.807) is 0 Å². The van der Waals surface area contributed by atoms with Crippen LogP contribution in [0.25, 0.3) is 0 Å². The molecule has 2 aromatic carbocycles. The fraction of sp³-hybridized carbons (Fsp3) is 0.316. The molecular weight excluding hydrogens is 274 g/mol. The summed E-state index contributed by atoms with van der Waals surface area (Å²) in [6, 6.07) is 19.5. The van der Waals surface area contributed by atoms with Crippen molar-refractivity contribution in [2.45, 2.75) is 31.7 Å². The number of amides is 1. The van der Waals surface area contributed by atoms with Crippen molar-refractivity contribution >= 4 is 5.91 Å². The molecule has 0 aliphatic heterocycles. The molecule has 0 aromatic heterocycles. The fourth-order valence-corrected chi connectivity index (χ4v) is 2.61. The highest BCUT2D eigenvalue weighted by Gasteiger charge is 2.37. The summed E-state index contributed by atoms with van der Waals surface area (Å²) in [7, 11) is 0. The van der Waals surface area contributed by atoms with E-state index >= 15 is 0 Å². The highest BCUT2D eigenvalue weighted by Crippen LogP contribution is 2.32. The van der Waals surface area contributed by atoms with Gasteiger partial charge in [-0.3, -0.25) is 4.79 Å². The van der Waals surface area contributed by atoms with E-state index in [4.69, 9.17) is 5.11 Å². The topological polar surface area (TPSA) is 49.3 Å². The van der Waals surface area contributed by atoms with Gasteiger partial charge in [0, 0.05) is 12.6 Å². The number of benzene rings is 2. The molecule has 2 rings (SSSR count). The number of carbonyl (C=O) groups is 1. The predicted octanol–water partition coefficient (Wildman–Crippen LogP) is 2.88. The summed E-state index contributed by atoms with van der Waals surface area (Å²) in [5.74, 6) is -0.0501. The Kier molecular flexibility index (Phi) is 5.34. The summed E-state index contributed by atoms with van der Waals surface area (Å²) in [6.45, 7) is 3.91. The van der Waals surface area contributed by atoms with Crippen molar-refractivity contribution in [3.8, 4) is 0 Å². The SMILES string of the molecule is CC(CCO)NC(=O)C(C)(c1ccccc1)c1ccccc1. The van der Waals surface area contributed by atoms with Crippen LogP contribution in [0, 0.1) is 0 Å². The van der Waals surface area contributed by atoms with Crippen LogP contribution >= 0.6 is 0 Å². The van der Waals surface area contributed by atoms with Crippen molar-refractivity contribution in [2.75, 3.05) is 6.61 Å². The normalized spacial score (nSPS) is 12.7. The molecule has 22 heavy (non-hydrogen) atoms. The minimum Gasteiger partial charge on any atom is -0.396 e. The molecule has 0 heterocycles. The van der Waals surface area contributed by atoms with Gasteiger partial charge in [0.05, 0.1) is 5.41 Å². The Labute approximate surface area is 132 Å². The van der Waals surface area contributed by atoms with Crippen LogP contribution in [0.15, 0.2) is 60.7 Å². The molecule has 0 saturated heterocycles. The number of aliphatic hydroxyl groups excluding tert-OH is 1. The van der Waals surface area contributed by atoms with Gasteiger partial charge in [0.1, 0.15) is 0 Å². The van der Waals surface area contributed by atoms with E-state index in [1.165, 1.54) is 0 Å². The quantitative estimate of drug-likeness (QED) is 0.861. The number of rotatable bonds is 6. The van der Waals surface area contributed by atoms with Crippen LogP contribution in [0.1, 0.15) is 31.4 Å². The molecule has 0 aliphatic rings. The number of hydrogen-bond donors (Lipinski definition) is 2. The predicted molar refractivity (Wildman–Crippen MR) is 88.6 cm³/mol. The third-order valence-corrected chi connectivity index (χ3v) is 4.10. The van der Waals surface area contributed by atoms with Crippen LogP contribution in [-0.4, -0.2) is 23.7 Å². The van der Waals surface area contributed by atoms with Gasteiger partial charge in [-0.2, -0.15) is 0 Å². The second-order valence-electron chi connectivity index (χ2n) is 5.74. The monoisotopic (exact) mass is 297 g/mol. The van der Waals surface area contributed by atoms with Gasteiger partial charge in [0.25, 0.3) is 0 Å². The largest absolute Gasteiger partial charge is 0.396 e. The van der Waals surface area contributed by atoms with E-state index in [0.717, 1.165) is 11.1 Å². The Morgan fingerprint density at radius 2 is 1.50 bits per heavy atom. The fourth-order valence-electron chi connectivity index (χ4n) is 2.61. The zero-order chi connectivity index (χ0) is 16.0. The molecule has 1 atom stereocenters. The first-order valence-electron chi connectivity index (χ1n) is 7.62. The molecule has 0 fully saturated rings. The summed E-state index contributed by atoms with van der Waals surface area (Å²) in [5, 5.41) is 12.1. The molecular formula is C19H23NO2. The minimum absolute atomic E-state index is 0.0501. The van der Waals surface area contributed by atoms with Gasteiger partial charge < -0.3 is 10.4 Å². The highest BCUT2D eigenvalue weighted by molar-refractivity contribution is 5.91. The van der Waals surface area contributed by atoms with Crippen LogP contribution < -0.4 is 5.32 Å². The van der Waals surface area contributed by atoms with E-state index in [0.29, 0.717) is 6.42 Å². The average Bonchev–Trinajstić information content (AvgIpc) is 2.55. The summed E-state index contributed by atoms with van der Waals surface area (Å²) in [6.07, 6.45) is 0.547. The maximum Gasteiger partial charge on any atom is 0.235 e. The summed E-state index contributed by atoms with van der Waals surface area (Å²) in [5.41, 5.74) is 1.15. The number of hydrogen-bond acceptors (Lipinski definition) is 2. The number of carbonyl (C=O) groups excluding carboxylic acids is 1. The zero-order valence-corrected chi connectivity index (χ0v) is 13.1. The highest BCUT2D eigenvalue weighted by atomic mass is 16.3. The van der Waals surface area contributed by atoms with Gasteiger partial charge in [0.15, 0.2) is 0 Å². The Morgan fingerprint density at radius 3 is 1.91 bits per heavy atom. The van der Waals surface area contributed by atoms with E-state index in [9.17, 15) is 4.79 Å². The molecule has 1 amide bonds. The smallest absolute Gasteiger partial charge is 0.235 e. The lowest BCUT2D eigenvalue weighted by Gasteiger charge is -2.31. The Bertz CT molecular complexity index is 556. The first-order chi connectivity index (χ1) is 10.6. The molecule has 3 nitrogen and oxygen atoms in total. The summed E-state index contributed by atoms with van der Waals surface area (Å²) < 4.78 is 0. The molecule has 0 radical (unpaired) electrons. The molecule has 2 aromatic rings. The summed E-state index contributed by atoms with van der Waals surface area (Å²) >= 11 is 0. The van der Waals surface area contributed by atoms with Crippen molar-refractivity contribution in [3.63, 3.8) is 0 Å². The molecule has 3 heteroatoms. The molecule has 116 valence electrons. The maximum atomic E-state index is 13.0. The molecule has 1 unspecified atom stereocenters. The third kappa shape index (κ3) is 3.37. The first kappa shape index (κ1) is 16.2. The molecule has 2 N–H and O–H groups in total. The lowest BCUT2D eigenvalue weighted by atomic mass is 9.75. The van der Waals surface area contributed by atoms with E-state index in [1.807, 2.05) is 74.5 Å². The average molecular weight is 297 g/mol. The van der Waals surface area contributed by atoms with Gasteiger partial charge >= 0.3 is 0 Å². The van der Waals surface area contributed by atoms with Gasteiger partial charge in [-0.15, -0.1) is 0 Å². The first-order valence-corrected chi connectivity index (χ1v) is 7.62. The van der Waals surface area contributed by atoms with Crippen LogP contribution in [-0.2, 0) is 10.2 Å². The Hall–Kier alpha value is -2.13. The second kappa shape index (κ2) is 7.23. The summed E-state index contributed by atoms with van der Waals surface area (Å²) in [4.78, 5) is 13.0. The van der Waals surface area contributed by atoms with Crippen molar-refractivity contribution in [3.05, 3.63) is 71.8 Å². The van der Waals surface area contributed by atoms with E-state index < -0.39 is 5.41 Å². The lowest BCUT2D eigenvalue weighted by molar-refractivity contribution is -0.125. The van der Waals surface area contributed by atoms with Gasteiger partial charge in [0.2, 0.25) is 5.91 Å². The van der Waals surface area contributed by atoms with Gasteiger partial charge in [-0.1, -0.05) is 60.7 Å². The second-order valence-corrected chi connectivity index (χ2v) is 5.74. The van der Waals surface area contributed by atoms with Crippen molar-refractivity contribution in [1.29, 1.82) is 0 Å². The third-order valence-electron chi connectivity index (χ3n) is 4.10. The van der Waals surface area contributed by atoms with Crippen molar-refractivity contribution in [1.82, 2.24) is 5.32 Å². The van der Waals surface area contributed by atoms with Gasteiger partial charge in [-0.25, -0.2) is 0 Å². The molecule has 0 saturated carbocycles. The van der Waals surface area contributed by atoms with Crippen LogP contribution in [0.2, 0.25) is 0 Å². The zero-order valence-electron chi connectivity index (χ0n) is 13.1. The molecule has 0 spiro atoms. The Balaban J connectivity index is 2.41. The van der Waals surface area contributed by atoms with Crippen LogP contribution in [0.5, 0.6) is 0 Å². The Morgan fingerprint density at radius 1 is 1.05 bits per heavy atom. The lowest BCUT2D eigenvalue weighted by Crippen LogP contribution is -2.46. The number of aliphatic hydroxyl groups is 1. The van der Waals surface area contributed by atoms with Gasteiger partial charge in [-0.05, 0) is 31.4 Å². The van der Waals surface area contributed by atoms with E-state index in [-0.39, 0.29) is 18.6 Å². The minimum atomic E-state index is -0.758. The van der Waals surface area contributed by atoms with Crippen LogP contribution in [0.3, 0.4) is 0 Å². The van der Waals surface area contributed by atoms with E-state index in [2.05, 4.69) is 5.32 Å². The van der Waals surface area contributed by atoms with Crippen molar-refractivity contribution < 1.29 is 9.90 Å². The van der Waals surface area contributed by atoms with Crippen LogP contribution in [0.4, 0.5) is 0 Å². The van der Waals surface area contributed by atoms with Crippen molar-refractivity contribution in [2.24, 2.45) is 0 Å².